The zero-order chi connectivity index (χ0) is 14.1. The number of benzene rings is 1. The maximum absolute atomic E-state index is 6.03. The van der Waals surface area contributed by atoms with Gasteiger partial charge in [0.15, 0.2) is 0 Å². The molecule has 0 bridgehead atoms. The van der Waals surface area contributed by atoms with Crippen LogP contribution in [0.5, 0.6) is 0 Å². The Morgan fingerprint density at radius 2 is 2.05 bits per heavy atom. The number of rotatable bonds is 4. The molecule has 0 unspecified atom stereocenters. The summed E-state index contributed by atoms with van der Waals surface area (Å²) in [5.74, 6) is 1.36. The van der Waals surface area contributed by atoms with Gasteiger partial charge in [0.25, 0.3) is 0 Å². The van der Waals surface area contributed by atoms with Crippen LogP contribution in [0.25, 0.3) is 11.0 Å². The summed E-state index contributed by atoms with van der Waals surface area (Å²) in [4.78, 5) is 5.96. The Bertz CT molecular complexity index is 751. The number of imidazole rings is 1. The summed E-state index contributed by atoms with van der Waals surface area (Å²) >= 11 is 14.8. The van der Waals surface area contributed by atoms with E-state index in [-0.39, 0.29) is 0 Å². The first kappa shape index (κ1) is 14.6. The van der Waals surface area contributed by atoms with E-state index in [4.69, 9.17) is 11.6 Å². The molecule has 0 amide bonds. The summed E-state index contributed by atoms with van der Waals surface area (Å²) in [6.45, 7) is 0.896. The largest absolute Gasteiger partial charge is 0.327 e. The fourth-order valence-corrected chi connectivity index (χ4v) is 4.24. The van der Waals surface area contributed by atoms with Gasteiger partial charge in [-0.15, -0.1) is 22.9 Å². The smallest absolute Gasteiger partial charge is 0.124 e. The summed E-state index contributed by atoms with van der Waals surface area (Å²) in [6, 6.07) is 10.4. The molecule has 3 aromatic rings. The van der Waals surface area contributed by atoms with Crippen LogP contribution < -0.4 is 0 Å². The highest BCUT2D eigenvalue weighted by atomic mass is 79.9. The fourth-order valence-electron chi connectivity index (χ4n) is 2.21. The third-order valence-corrected chi connectivity index (χ3v) is 5.54. The number of thiophene rings is 1. The maximum Gasteiger partial charge on any atom is 0.124 e. The second-order valence-electron chi connectivity index (χ2n) is 4.40. The van der Waals surface area contributed by atoms with Crippen molar-refractivity contribution in [1.82, 2.24) is 9.55 Å². The average molecular weight is 435 g/mol. The van der Waals surface area contributed by atoms with Crippen molar-refractivity contribution in [2.75, 3.05) is 0 Å². The minimum atomic E-state index is 0.431. The van der Waals surface area contributed by atoms with Gasteiger partial charge in [0, 0.05) is 15.9 Å². The molecule has 1 aromatic carbocycles. The Kier molecular flexibility index (Phi) is 4.50. The summed E-state index contributed by atoms with van der Waals surface area (Å²) in [7, 11) is 0. The lowest BCUT2D eigenvalue weighted by atomic mass is 10.3. The minimum Gasteiger partial charge on any atom is -0.327 e. The molecule has 0 atom stereocenters. The third kappa shape index (κ3) is 2.96. The van der Waals surface area contributed by atoms with Crippen LogP contribution in [0.3, 0.4) is 0 Å². The average Bonchev–Trinajstić information content (AvgIpc) is 2.99. The number of fused-ring (bicyclic) bond motifs is 1. The quantitative estimate of drug-likeness (QED) is 0.489. The van der Waals surface area contributed by atoms with E-state index in [2.05, 4.69) is 59.6 Å². The Morgan fingerprint density at radius 1 is 1.20 bits per heavy atom. The van der Waals surface area contributed by atoms with Crippen LogP contribution >= 0.6 is 54.8 Å². The third-order valence-electron chi connectivity index (χ3n) is 3.12. The summed E-state index contributed by atoms with van der Waals surface area (Å²) < 4.78 is 4.42. The van der Waals surface area contributed by atoms with Crippen molar-refractivity contribution < 1.29 is 0 Å². The van der Waals surface area contributed by atoms with Crippen LogP contribution in [-0.2, 0) is 18.8 Å². The molecule has 2 nitrogen and oxygen atoms in total. The summed E-state index contributed by atoms with van der Waals surface area (Å²) in [5, 5.41) is 0. The minimum absolute atomic E-state index is 0.431. The monoisotopic (exact) mass is 432 g/mol. The number of aryl methyl sites for hydroxylation is 2. The number of alkyl halides is 1. The maximum atomic E-state index is 6.03. The van der Waals surface area contributed by atoms with E-state index >= 15 is 0 Å². The number of hydrogen-bond donors (Lipinski definition) is 0. The number of halogens is 3. The van der Waals surface area contributed by atoms with Crippen molar-refractivity contribution in [3.63, 3.8) is 0 Å². The first-order valence-electron chi connectivity index (χ1n) is 6.12. The molecule has 0 fully saturated rings. The number of nitrogens with zero attached hydrogens (tertiary/aromatic N) is 2. The Hall–Kier alpha value is -0.360. The molecule has 0 aliphatic carbocycles. The van der Waals surface area contributed by atoms with Gasteiger partial charge in [-0.3, -0.25) is 0 Å². The van der Waals surface area contributed by atoms with Gasteiger partial charge in [-0.25, -0.2) is 4.98 Å². The topological polar surface area (TPSA) is 17.8 Å². The molecule has 0 radical (unpaired) electrons. The van der Waals surface area contributed by atoms with Gasteiger partial charge in [0.2, 0.25) is 0 Å². The molecule has 0 N–H and O–H groups in total. The van der Waals surface area contributed by atoms with E-state index < -0.39 is 0 Å². The predicted molar refractivity (Wildman–Crippen MR) is 92.7 cm³/mol. The van der Waals surface area contributed by atoms with Crippen LogP contribution in [0.15, 0.2) is 38.6 Å². The molecule has 20 heavy (non-hydrogen) atoms. The number of hydrogen-bond acceptors (Lipinski definition) is 2. The fraction of sp³-hybridized carbons (Fsp3) is 0.214. The van der Waals surface area contributed by atoms with E-state index in [1.165, 1.54) is 8.66 Å². The molecule has 0 aliphatic heterocycles. The van der Waals surface area contributed by atoms with E-state index in [0.29, 0.717) is 5.88 Å². The van der Waals surface area contributed by atoms with Crippen LogP contribution in [0, 0.1) is 0 Å². The van der Waals surface area contributed by atoms with Crippen molar-refractivity contribution >= 4 is 65.8 Å². The molecular formula is C14H11Br2ClN2S. The van der Waals surface area contributed by atoms with Crippen molar-refractivity contribution in [2.45, 2.75) is 18.8 Å². The summed E-state index contributed by atoms with van der Waals surface area (Å²) in [5.41, 5.74) is 2.13. The van der Waals surface area contributed by atoms with E-state index in [9.17, 15) is 0 Å². The number of aromatic nitrogens is 2. The van der Waals surface area contributed by atoms with Gasteiger partial charge in [-0.05, 0) is 52.7 Å². The zero-order valence-electron chi connectivity index (χ0n) is 10.4. The Morgan fingerprint density at radius 3 is 2.75 bits per heavy atom. The van der Waals surface area contributed by atoms with Gasteiger partial charge in [0.1, 0.15) is 5.82 Å². The van der Waals surface area contributed by atoms with Crippen molar-refractivity contribution in [1.29, 1.82) is 0 Å². The Balaban J connectivity index is 1.93. The normalized spacial score (nSPS) is 11.3. The highest BCUT2D eigenvalue weighted by molar-refractivity contribution is 9.11. The molecule has 3 rings (SSSR count). The highest BCUT2D eigenvalue weighted by Gasteiger charge is 2.10. The highest BCUT2D eigenvalue weighted by Crippen LogP contribution is 2.25. The molecule has 2 heterocycles. The van der Waals surface area contributed by atoms with Gasteiger partial charge in [-0.1, -0.05) is 15.9 Å². The standard InChI is InChI=1S/C14H11Br2ClN2S/c15-9-1-3-12-11(7-9)18-14(8-17)19(12)6-5-10-2-4-13(16)20-10/h1-4,7H,5-6,8H2. The van der Waals surface area contributed by atoms with Crippen molar-refractivity contribution in [2.24, 2.45) is 0 Å². The summed E-state index contributed by atoms with van der Waals surface area (Å²) in [6.07, 6.45) is 0.988. The zero-order valence-corrected chi connectivity index (χ0v) is 15.2. The lowest BCUT2D eigenvalue weighted by molar-refractivity contribution is 0.693. The van der Waals surface area contributed by atoms with Gasteiger partial charge < -0.3 is 4.57 Å². The first-order chi connectivity index (χ1) is 9.67. The molecule has 0 saturated heterocycles. The van der Waals surface area contributed by atoms with Gasteiger partial charge in [-0.2, -0.15) is 0 Å². The molecular weight excluding hydrogens is 423 g/mol. The Labute approximate surface area is 143 Å². The molecule has 0 spiro atoms. The second-order valence-corrected chi connectivity index (χ2v) is 8.13. The van der Waals surface area contributed by atoms with Crippen LogP contribution in [-0.4, -0.2) is 9.55 Å². The molecule has 0 saturated carbocycles. The lowest BCUT2D eigenvalue weighted by Crippen LogP contribution is -2.04. The SMILES string of the molecule is ClCc1nc2cc(Br)ccc2n1CCc1ccc(Br)s1. The second kappa shape index (κ2) is 6.18. The van der Waals surface area contributed by atoms with Crippen LogP contribution in [0.2, 0.25) is 0 Å². The van der Waals surface area contributed by atoms with Crippen molar-refractivity contribution in [3.05, 3.63) is 49.3 Å². The lowest BCUT2D eigenvalue weighted by Gasteiger charge is -2.06. The molecule has 6 heteroatoms. The molecule has 0 aliphatic rings. The van der Waals surface area contributed by atoms with E-state index in [0.717, 1.165) is 34.3 Å². The van der Waals surface area contributed by atoms with Crippen molar-refractivity contribution in [3.8, 4) is 0 Å². The van der Waals surface area contributed by atoms with E-state index in [1.54, 1.807) is 11.3 Å². The first-order valence-corrected chi connectivity index (χ1v) is 9.06. The van der Waals surface area contributed by atoms with Gasteiger partial charge in [0.05, 0.1) is 20.7 Å². The predicted octanol–water partition coefficient (Wildman–Crippen LogP) is 5.60. The van der Waals surface area contributed by atoms with Crippen LogP contribution in [0.4, 0.5) is 0 Å². The molecule has 2 aromatic heterocycles. The van der Waals surface area contributed by atoms with E-state index in [1.807, 2.05) is 12.1 Å². The molecule has 104 valence electrons. The van der Waals surface area contributed by atoms with Crippen LogP contribution in [0.1, 0.15) is 10.7 Å². The van der Waals surface area contributed by atoms with Gasteiger partial charge >= 0.3 is 0 Å².